The lowest BCUT2D eigenvalue weighted by atomic mass is 9.96. The van der Waals surface area contributed by atoms with Crippen LogP contribution >= 0.6 is 0 Å². The number of carbonyl (C=O) groups is 1. The van der Waals surface area contributed by atoms with Crippen molar-refractivity contribution in [3.05, 3.63) is 36.0 Å². The number of nitrogens with zero attached hydrogens (tertiary/aromatic N) is 2. The van der Waals surface area contributed by atoms with Crippen molar-refractivity contribution in [3.63, 3.8) is 0 Å². The van der Waals surface area contributed by atoms with Crippen LogP contribution < -0.4 is 4.90 Å². The normalized spacial score (nSPS) is 15.8. The van der Waals surface area contributed by atoms with Gasteiger partial charge in [-0.15, -0.1) is 0 Å². The standard InChI is InChI=1S/C18H22N2O3/c1-2-23-18(22)15-11-19-16-6-4-3-5-14(16)17(15)20-9-7-13(12-21)8-10-20/h3-6,11,13,21H,2,7-10,12H2,1H3. The SMILES string of the molecule is CCOC(=O)c1cnc2ccccc2c1N1CCC(CO)CC1. The first-order valence-corrected chi connectivity index (χ1v) is 8.15. The second-order valence-corrected chi connectivity index (χ2v) is 5.87. The Bertz CT molecular complexity index is 694. The Morgan fingerprint density at radius 2 is 2.09 bits per heavy atom. The lowest BCUT2D eigenvalue weighted by molar-refractivity contribution is 0.0526. The van der Waals surface area contributed by atoms with Crippen LogP contribution in [0.1, 0.15) is 30.1 Å². The van der Waals surface area contributed by atoms with E-state index in [1.165, 1.54) is 0 Å². The van der Waals surface area contributed by atoms with Gasteiger partial charge in [0, 0.05) is 31.3 Å². The van der Waals surface area contributed by atoms with Gasteiger partial charge in [-0.25, -0.2) is 4.79 Å². The molecule has 1 aromatic carbocycles. The first-order valence-electron chi connectivity index (χ1n) is 8.15. The van der Waals surface area contributed by atoms with E-state index < -0.39 is 0 Å². The van der Waals surface area contributed by atoms with E-state index >= 15 is 0 Å². The Hall–Kier alpha value is -2.14. The summed E-state index contributed by atoms with van der Waals surface area (Å²) in [6, 6.07) is 7.86. The van der Waals surface area contributed by atoms with E-state index in [-0.39, 0.29) is 12.6 Å². The summed E-state index contributed by atoms with van der Waals surface area (Å²) < 4.78 is 5.21. The zero-order valence-corrected chi connectivity index (χ0v) is 13.4. The fourth-order valence-electron chi connectivity index (χ4n) is 3.16. The van der Waals surface area contributed by atoms with Gasteiger partial charge in [0.25, 0.3) is 0 Å². The predicted molar refractivity (Wildman–Crippen MR) is 89.7 cm³/mol. The second kappa shape index (κ2) is 6.96. The third-order valence-corrected chi connectivity index (χ3v) is 4.43. The number of para-hydroxylation sites is 1. The fourth-order valence-corrected chi connectivity index (χ4v) is 3.16. The van der Waals surface area contributed by atoms with Crippen molar-refractivity contribution in [1.29, 1.82) is 0 Å². The summed E-state index contributed by atoms with van der Waals surface area (Å²) in [7, 11) is 0. The van der Waals surface area contributed by atoms with Gasteiger partial charge in [-0.05, 0) is 31.7 Å². The molecule has 2 heterocycles. The van der Waals surface area contributed by atoms with Gasteiger partial charge in [-0.2, -0.15) is 0 Å². The van der Waals surface area contributed by atoms with Gasteiger partial charge in [0.1, 0.15) is 5.56 Å². The van der Waals surface area contributed by atoms with E-state index in [1.54, 1.807) is 13.1 Å². The number of esters is 1. The number of pyridine rings is 1. The number of fused-ring (bicyclic) bond motifs is 1. The average molecular weight is 314 g/mol. The molecule has 0 radical (unpaired) electrons. The number of carbonyl (C=O) groups excluding carboxylic acids is 1. The van der Waals surface area contributed by atoms with Crippen molar-refractivity contribution in [1.82, 2.24) is 4.98 Å². The predicted octanol–water partition coefficient (Wildman–Crippen LogP) is 2.62. The van der Waals surface area contributed by atoms with Crippen molar-refractivity contribution in [2.75, 3.05) is 31.2 Å². The second-order valence-electron chi connectivity index (χ2n) is 5.87. The van der Waals surface area contributed by atoms with Crippen LogP contribution in [0.4, 0.5) is 5.69 Å². The lowest BCUT2D eigenvalue weighted by Gasteiger charge is -2.34. The summed E-state index contributed by atoms with van der Waals surface area (Å²) in [5, 5.41) is 10.3. The van der Waals surface area contributed by atoms with Crippen LogP contribution in [0.5, 0.6) is 0 Å². The first kappa shape index (κ1) is 15.7. The molecule has 0 bridgehead atoms. The third kappa shape index (κ3) is 3.15. The summed E-state index contributed by atoms with van der Waals surface area (Å²) in [5.41, 5.74) is 2.30. The highest BCUT2D eigenvalue weighted by Crippen LogP contribution is 2.33. The number of ether oxygens (including phenoxy) is 1. The minimum absolute atomic E-state index is 0.232. The third-order valence-electron chi connectivity index (χ3n) is 4.43. The molecule has 122 valence electrons. The van der Waals surface area contributed by atoms with Crippen LogP contribution in [0, 0.1) is 5.92 Å². The number of benzene rings is 1. The van der Waals surface area contributed by atoms with Crippen molar-refractivity contribution >= 4 is 22.6 Å². The molecule has 1 N–H and O–H groups in total. The Labute approximate surface area is 135 Å². The van der Waals surface area contributed by atoms with Crippen molar-refractivity contribution in [2.45, 2.75) is 19.8 Å². The molecule has 5 nitrogen and oxygen atoms in total. The molecule has 0 saturated carbocycles. The fraction of sp³-hybridized carbons (Fsp3) is 0.444. The zero-order chi connectivity index (χ0) is 16.2. The number of anilines is 1. The highest BCUT2D eigenvalue weighted by atomic mass is 16.5. The number of hydrogen-bond donors (Lipinski definition) is 1. The first-order chi connectivity index (χ1) is 11.2. The van der Waals surface area contributed by atoms with E-state index in [9.17, 15) is 9.90 Å². The minimum Gasteiger partial charge on any atom is -0.462 e. The topological polar surface area (TPSA) is 62.7 Å². The molecule has 2 aromatic rings. The van der Waals surface area contributed by atoms with Gasteiger partial charge >= 0.3 is 5.97 Å². The van der Waals surface area contributed by atoms with E-state index in [2.05, 4.69) is 9.88 Å². The highest BCUT2D eigenvalue weighted by Gasteiger charge is 2.25. The van der Waals surface area contributed by atoms with Gasteiger partial charge in [0.05, 0.1) is 17.8 Å². The maximum absolute atomic E-state index is 12.3. The van der Waals surface area contributed by atoms with Crippen LogP contribution in [0.25, 0.3) is 10.9 Å². The number of aliphatic hydroxyl groups is 1. The van der Waals surface area contributed by atoms with E-state index in [4.69, 9.17) is 4.74 Å². The largest absolute Gasteiger partial charge is 0.462 e. The molecule has 0 unspecified atom stereocenters. The van der Waals surface area contributed by atoms with Gasteiger partial charge < -0.3 is 14.7 Å². The summed E-state index contributed by atoms with van der Waals surface area (Å²) in [6.07, 6.45) is 3.47. The Balaban J connectivity index is 2.04. The Kier molecular flexibility index (Phi) is 4.76. The number of hydrogen-bond acceptors (Lipinski definition) is 5. The van der Waals surface area contributed by atoms with E-state index in [0.29, 0.717) is 18.1 Å². The van der Waals surface area contributed by atoms with E-state index in [0.717, 1.165) is 42.5 Å². The number of aliphatic hydroxyl groups excluding tert-OH is 1. The van der Waals surface area contributed by atoms with Gasteiger partial charge in [-0.3, -0.25) is 4.98 Å². The number of aromatic nitrogens is 1. The molecule has 5 heteroatoms. The van der Waals surface area contributed by atoms with E-state index in [1.807, 2.05) is 24.3 Å². The molecule has 0 atom stereocenters. The molecular formula is C18H22N2O3. The lowest BCUT2D eigenvalue weighted by Crippen LogP contribution is -2.36. The molecular weight excluding hydrogens is 292 g/mol. The van der Waals surface area contributed by atoms with Crippen molar-refractivity contribution in [3.8, 4) is 0 Å². The van der Waals surface area contributed by atoms with Crippen molar-refractivity contribution in [2.24, 2.45) is 5.92 Å². The maximum Gasteiger partial charge on any atom is 0.341 e. The molecule has 0 spiro atoms. The molecule has 1 fully saturated rings. The molecule has 3 rings (SSSR count). The van der Waals surface area contributed by atoms with Crippen LogP contribution in [0.2, 0.25) is 0 Å². The maximum atomic E-state index is 12.3. The summed E-state index contributed by atoms with van der Waals surface area (Å²) in [5.74, 6) is 0.0235. The molecule has 0 amide bonds. The van der Waals surface area contributed by atoms with Gasteiger partial charge in [0.15, 0.2) is 0 Å². The quantitative estimate of drug-likeness (QED) is 0.879. The summed E-state index contributed by atoms with van der Waals surface area (Å²) in [4.78, 5) is 19.0. The Morgan fingerprint density at radius 3 is 2.78 bits per heavy atom. The summed E-state index contributed by atoms with van der Waals surface area (Å²) in [6.45, 7) is 4.03. The zero-order valence-electron chi connectivity index (χ0n) is 13.4. The van der Waals surface area contributed by atoms with Gasteiger partial charge in [0.2, 0.25) is 0 Å². The monoisotopic (exact) mass is 314 g/mol. The molecule has 1 saturated heterocycles. The van der Waals surface area contributed by atoms with Gasteiger partial charge in [-0.1, -0.05) is 18.2 Å². The minimum atomic E-state index is -0.329. The number of rotatable bonds is 4. The van der Waals surface area contributed by atoms with Crippen LogP contribution in [-0.2, 0) is 4.74 Å². The van der Waals surface area contributed by atoms with Crippen LogP contribution in [0.3, 0.4) is 0 Å². The van der Waals surface area contributed by atoms with Crippen molar-refractivity contribution < 1.29 is 14.6 Å². The van der Waals surface area contributed by atoms with Crippen LogP contribution in [-0.4, -0.2) is 42.4 Å². The molecule has 1 aliphatic heterocycles. The highest BCUT2D eigenvalue weighted by molar-refractivity contribution is 6.05. The molecule has 0 aliphatic carbocycles. The molecule has 23 heavy (non-hydrogen) atoms. The number of piperidine rings is 1. The Morgan fingerprint density at radius 1 is 1.35 bits per heavy atom. The average Bonchev–Trinajstić information content (AvgIpc) is 2.61. The van der Waals surface area contributed by atoms with Crippen LogP contribution in [0.15, 0.2) is 30.5 Å². The summed E-state index contributed by atoms with van der Waals surface area (Å²) >= 11 is 0. The smallest absolute Gasteiger partial charge is 0.341 e. The molecule has 1 aliphatic rings. The molecule has 1 aromatic heterocycles.